The van der Waals surface area contributed by atoms with E-state index in [2.05, 4.69) is 10.5 Å². The number of hydrogen-bond acceptors (Lipinski definition) is 6. The second-order valence-corrected chi connectivity index (χ2v) is 5.34. The maximum Gasteiger partial charge on any atom is 0.270 e. The van der Waals surface area contributed by atoms with Crippen LogP contribution in [-0.2, 0) is 16.2 Å². The highest BCUT2D eigenvalue weighted by Gasteiger charge is 2.16. The zero-order valence-electron chi connectivity index (χ0n) is 12.4. The minimum absolute atomic E-state index is 0.0796. The van der Waals surface area contributed by atoms with E-state index in [-0.39, 0.29) is 18.0 Å². The number of hydrogen-bond donors (Lipinski definition) is 2. The van der Waals surface area contributed by atoms with Gasteiger partial charge in [0.2, 0.25) is 0 Å². The summed E-state index contributed by atoms with van der Waals surface area (Å²) in [4.78, 5) is 17.3. The van der Waals surface area contributed by atoms with E-state index in [4.69, 9.17) is 15.5 Å². The molecule has 0 radical (unpaired) electrons. The van der Waals surface area contributed by atoms with Crippen LogP contribution in [0.1, 0.15) is 16.0 Å². The Morgan fingerprint density at radius 1 is 1.39 bits per heavy atom. The molecule has 1 aromatic carbocycles. The lowest BCUT2D eigenvalue weighted by Crippen LogP contribution is -2.27. The Hall–Kier alpha value is -2.98. The molecule has 2 N–H and O–H groups in total. The fourth-order valence-electron chi connectivity index (χ4n) is 1.80. The van der Waals surface area contributed by atoms with Crippen LogP contribution in [0.4, 0.5) is 0 Å². The molecule has 2 aromatic rings. The number of carbonyl (C=O) groups excluding carboxylic acids is 1. The van der Waals surface area contributed by atoms with Gasteiger partial charge in [-0.3, -0.25) is 10.2 Å². The molecule has 0 fully saturated rings. The summed E-state index contributed by atoms with van der Waals surface area (Å²) in [6.07, 6.45) is 0. The van der Waals surface area contributed by atoms with Crippen molar-refractivity contribution >= 4 is 28.7 Å². The molecule has 6 nitrogen and oxygen atoms in total. The molecule has 0 atom stereocenters. The lowest BCUT2D eigenvalue weighted by atomic mass is 10.1. The van der Waals surface area contributed by atoms with Gasteiger partial charge in [-0.2, -0.15) is 5.26 Å². The Bertz CT molecular complexity index is 775. The van der Waals surface area contributed by atoms with Gasteiger partial charge < -0.3 is 10.2 Å². The zero-order chi connectivity index (χ0) is 16.7. The fraction of sp³-hybridized carbons (Fsp3) is 0.125. The third-order valence-corrected chi connectivity index (χ3v) is 3.93. The van der Waals surface area contributed by atoms with E-state index >= 15 is 0 Å². The summed E-state index contributed by atoms with van der Waals surface area (Å²) >= 11 is 1.28. The normalized spacial score (nSPS) is 10.7. The summed E-state index contributed by atoms with van der Waals surface area (Å²) < 4.78 is 0. The predicted molar refractivity (Wildman–Crippen MR) is 88.6 cm³/mol. The molecule has 0 unspecified atom stereocenters. The van der Waals surface area contributed by atoms with Gasteiger partial charge in [0.05, 0.1) is 4.88 Å². The number of rotatable bonds is 6. The minimum atomic E-state index is -0.459. The predicted octanol–water partition coefficient (Wildman–Crippen LogP) is 2.31. The second-order valence-electron chi connectivity index (χ2n) is 4.42. The van der Waals surface area contributed by atoms with Crippen LogP contribution in [0.5, 0.6) is 0 Å². The first-order valence-corrected chi connectivity index (χ1v) is 7.58. The molecular weight excluding hydrogens is 312 g/mol. The second kappa shape index (κ2) is 7.87. The molecule has 1 aromatic heterocycles. The van der Waals surface area contributed by atoms with Crippen LogP contribution in [0.2, 0.25) is 0 Å². The highest BCUT2D eigenvalue weighted by atomic mass is 32.1. The number of nitrogens with zero attached hydrogens (tertiary/aromatic N) is 2. The number of likely N-dealkylation sites (N-methyl/N-ethyl adjacent to an activating group) is 1. The molecule has 116 valence electrons. The van der Waals surface area contributed by atoms with Crippen molar-refractivity contribution in [2.45, 2.75) is 6.61 Å². The monoisotopic (exact) mass is 326 g/mol. The summed E-state index contributed by atoms with van der Waals surface area (Å²) in [6, 6.07) is 12.8. The van der Waals surface area contributed by atoms with Crippen molar-refractivity contribution in [2.24, 2.45) is 5.16 Å². The Kier molecular flexibility index (Phi) is 5.61. The van der Waals surface area contributed by atoms with Gasteiger partial charge in [0, 0.05) is 18.2 Å². The first-order chi connectivity index (χ1) is 11.2. The Morgan fingerprint density at radius 3 is 2.78 bits per heavy atom. The Balaban J connectivity index is 2.09. The Morgan fingerprint density at radius 2 is 2.13 bits per heavy atom. The SMILES string of the molecule is CNC(=O)C(=N)c1sccc1CON=C(C#N)c1ccccc1. The average molecular weight is 326 g/mol. The minimum Gasteiger partial charge on any atom is -0.390 e. The number of oxime groups is 1. The van der Waals surface area contributed by atoms with Crippen molar-refractivity contribution in [1.82, 2.24) is 5.32 Å². The van der Waals surface area contributed by atoms with E-state index in [9.17, 15) is 4.79 Å². The maximum absolute atomic E-state index is 11.5. The van der Waals surface area contributed by atoms with E-state index in [0.717, 1.165) is 0 Å². The summed E-state index contributed by atoms with van der Waals surface area (Å²) in [5, 5.41) is 25.0. The first-order valence-electron chi connectivity index (χ1n) is 6.70. The van der Waals surface area contributed by atoms with Crippen LogP contribution in [0, 0.1) is 16.7 Å². The van der Waals surface area contributed by atoms with E-state index in [0.29, 0.717) is 16.0 Å². The molecule has 0 bridgehead atoms. The third-order valence-electron chi connectivity index (χ3n) is 2.96. The van der Waals surface area contributed by atoms with Gasteiger partial charge in [-0.25, -0.2) is 0 Å². The summed E-state index contributed by atoms with van der Waals surface area (Å²) in [6.45, 7) is 0.0796. The molecule has 0 aliphatic rings. The van der Waals surface area contributed by atoms with Crippen molar-refractivity contribution in [1.29, 1.82) is 10.7 Å². The molecule has 0 spiro atoms. The average Bonchev–Trinajstić information content (AvgIpc) is 3.06. The molecule has 23 heavy (non-hydrogen) atoms. The molecule has 0 saturated heterocycles. The van der Waals surface area contributed by atoms with Gasteiger partial charge in [-0.15, -0.1) is 11.3 Å². The molecule has 0 aliphatic heterocycles. The van der Waals surface area contributed by atoms with Gasteiger partial charge in [0.1, 0.15) is 18.4 Å². The standard InChI is InChI=1S/C16H14N4O2S/c1-19-16(21)14(18)15-12(7-8-23-15)10-22-20-13(9-17)11-5-3-2-4-6-11/h2-8,18H,10H2,1H3,(H,19,21). The summed E-state index contributed by atoms with van der Waals surface area (Å²) in [5.41, 5.74) is 1.40. The number of carbonyl (C=O) groups is 1. The van der Waals surface area contributed by atoms with Crippen molar-refractivity contribution in [3.8, 4) is 6.07 Å². The molecule has 1 heterocycles. The van der Waals surface area contributed by atoms with Crippen LogP contribution < -0.4 is 5.32 Å². The number of nitriles is 1. The van der Waals surface area contributed by atoms with Gasteiger partial charge in [-0.05, 0) is 11.4 Å². The molecule has 2 rings (SSSR count). The topological polar surface area (TPSA) is 98.3 Å². The number of amides is 1. The van der Waals surface area contributed by atoms with Gasteiger partial charge in [0.15, 0.2) is 5.71 Å². The van der Waals surface area contributed by atoms with Crippen molar-refractivity contribution in [2.75, 3.05) is 7.05 Å². The molecule has 0 aliphatic carbocycles. The lowest BCUT2D eigenvalue weighted by molar-refractivity contribution is -0.114. The first kappa shape index (κ1) is 16.4. The van der Waals surface area contributed by atoms with E-state index in [1.807, 2.05) is 24.3 Å². The van der Waals surface area contributed by atoms with Gasteiger partial charge in [-0.1, -0.05) is 35.5 Å². The van der Waals surface area contributed by atoms with Crippen molar-refractivity contribution < 1.29 is 9.63 Å². The lowest BCUT2D eigenvalue weighted by Gasteiger charge is -2.04. The molecular formula is C16H14N4O2S. The smallest absolute Gasteiger partial charge is 0.270 e. The molecule has 7 heteroatoms. The zero-order valence-corrected chi connectivity index (χ0v) is 13.2. The van der Waals surface area contributed by atoms with E-state index in [1.165, 1.54) is 18.4 Å². The van der Waals surface area contributed by atoms with Gasteiger partial charge >= 0.3 is 0 Å². The third kappa shape index (κ3) is 4.02. The number of benzene rings is 1. The molecule has 0 saturated carbocycles. The van der Waals surface area contributed by atoms with Gasteiger partial charge in [0.25, 0.3) is 5.91 Å². The number of thiophene rings is 1. The highest BCUT2D eigenvalue weighted by Crippen LogP contribution is 2.18. The van der Waals surface area contributed by atoms with Crippen LogP contribution in [0.3, 0.4) is 0 Å². The quantitative estimate of drug-likeness (QED) is 0.629. The number of nitrogens with one attached hydrogen (secondary N) is 2. The van der Waals surface area contributed by atoms with Crippen LogP contribution >= 0.6 is 11.3 Å². The van der Waals surface area contributed by atoms with Crippen LogP contribution in [-0.4, -0.2) is 24.4 Å². The largest absolute Gasteiger partial charge is 0.390 e. The summed E-state index contributed by atoms with van der Waals surface area (Å²) in [5.74, 6) is -0.459. The van der Waals surface area contributed by atoms with Crippen LogP contribution in [0.15, 0.2) is 46.9 Å². The van der Waals surface area contributed by atoms with E-state index < -0.39 is 5.91 Å². The van der Waals surface area contributed by atoms with E-state index in [1.54, 1.807) is 23.6 Å². The fourth-order valence-corrected chi connectivity index (χ4v) is 2.65. The van der Waals surface area contributed by atoms with Crippen molar-refractivity contribution in [3.05, 3.63) is 57.8 Å². The Labute approximate surface area is 137 Å². The molecule has 1 amide bonds. The highest BCUT2D eigenvalue weighted by molar-refractivity contribution is 7.13. The van der Waals surface area contributed by atoms with Crippen molar-refractivity contribution in [3.63, 3.8) is 0 Å². The maximum atomic E-state index is 11.5. The summed E-state index contributed by atoms with van der Waals surface area (Å²) in [7, 11) is 1.48. The van der Waals surface area contributed by atoms with Crippen LogP contribution in [0.25, 0.3) is 0 Å².